The number of piperazine rings is 1. The van der Waals surface area contributed by atoms with Crippen LogP contribution < -0.4 is 5.32 Å². The van der Waals surface area contributed by atoms with Crippen molar-refractivity contribution in [3.63, 3.8) is 0 Å². The summed E-state index contributed by atoms with van der Waals surface area (Å²) in [7, 11) is 2.84. The lowest BCUT2D eigenvalue weighted by atomic mass is 9.68. The molecule has 21 heavy (non-hydrogen) atoms. The minimum atomic E-state index is -0.784. The molecule has 1 aliphatic carbocycles. The van der Waals surface area contributed by atoms with Crippen molar-refractivity contribution in [3.8, 4) is 0 Å². The van der Waals surface area contributed by atoms with E-state index in [9.17, 15) is 14.4 Å². The molecule has 2 amide bonds. The van der Waals surface area contributed by atoms with Crippen molar-refractivity contribution in [2.24, 2.45) is 5.41 Å². The van der Waals surface area contributed by atoms with Gasteiger partial charge in [-0.05, 0) is 12.8 Å². The molecule has 0 radical (unpaired) electrons. The van der Waals surface area contributed by atoms with Crippen LogP contribution in [0.25, 0.3) is 0 Å². The maximum absolute atomic E-state index is 12.8. The third-order valence-corrected chi connectivity index (χ3v) is 4.36. The van der Waals surface area contributed by atoms with Crippen LogP contribution in [0.3, 0.4) is 0 Å². The van der Waals surface area contributed by atoms with Gasteiger partial charge in [0.25, 0.3) is 0 Å². The number of carbonyl (C=O) groups excluding carboxylic acids is 3. The largest absolute Gasteiger partial charge is 0.469 e. The summed E-state index contributed by atoms with van der Waals surface area (Å²) in [5, 5.41) is 2.69. The Morgan fingerprint density at radius 2 is 2.10 bits per heavy atom. The van der Waals surface area contributed by atoms with E-state index in [1.165, 1.54) is 12.0 Å². The van der Waals surface area contributed by atoms with Gasteiger partial charge in [-0.1, -0.05) is 6.42 Å². The van der Waals surface area contributed by atoms with Crippen LogP contribution in [0, 0.1) is 5.41 Å². The smallest absolute Gasteiger partial charge is 0.308 e. The molecule has 1 aliphatic heterocycles. The molecule has 1 saturated carbocycles. The lowest BCUT2D eigenvalue weighted by Gasteiger charge is -2.46. The highest BCUT2D eigenvalue weighted by Gasteiger charge is 2.49. The number of hydrogen-bond donors (Lipinski definition) is 1. The Labute approximate surface area is 123 Å². The van der Waals surface area contributed by atoms with Gasteiger partial charge in [-0.3, -0.25) is 14.4 Å². The van der Waals surface area contributed by atoms with Crippen LogP contribution in [-0.2, 0) is 23.9 Å². The second-order valence-corrected chi connectivity index (χ2v) is 5.65. The van der Waals surface area contributed by atoms with Crippen molar-refractivity contribution in [1.29, 1.82) is 0 Å². The minimum Gasteiger partial charge on any atom is -0.469 e. The minimum absolute atomic E-state index is 0.0839. The van der Waals surface area contributed by atoms with Gasteiger partial charge in [-0.2, -0.15) is 0 Å². The zero-order valence-corrected chi connectivity index (χ0v) is 12.5. The normalized spacial score (nSPS) is 24.0. The van der Waals surface area contributed by atoms with Crippen molar-refractivity contribution in [1.82, 2.24) is 10.2 Å². The molecule has 0 unspecified atom stereocenters. The Hall–Kier alpha value is -1.63. The molecule has 0 bridgehead atoms. The van der Waals surface area contributed by atoms with Gasteiger partial charge in [0.1, 0.15) is 6.04 Å². The standard InChI is InChI=1S/C14H22N2O5/c1-20-9-14(4-3-5-14)13(19)16-7-6-15-12(18)10(16)8-11(17)21-2/h10H,3-9H2,1-2H3,(H,15,18)/t10-/m1/s1. The van der Waals surface area contributed by atoms with E-state index in [1.54, 1.807) is 7.11 Å². The number of esters is 1. The number of nitrogens with zero attached hydrogens (tertiary/aromatic N) is 1. The van der Waals surface area contributed by atoms with Crippen molar-refractivity contribution in [2.45, 2.75) is 31.7 Å². The molecule has 1 heterocycles. The van der Waals surface area contributed by atoms with E-state index in [2.05, 4.69) is 10.1 Å². The average molecular weight is 298 g/mol. The second-order valence-electron chi connectivity index (χ2n) is 5.65. The van der Waals surface area contributed by atoms with Crippen molar-refractivity contribution in [2.75, 3.05) is 33.9 Å². The van der Waals surface area contributed by atoms with E-state index in [-0.39, 0.29) is 18.2 Å². The number of ether oxygens (including phenoxy) is 2. The third kappa shape index (κ3) is 3.02. The number of nitrogens with one attached hydrogen (secondary N) is 1. The van der Waals surface area contributed by atoms with Gasteiger partial charge in [-0.25, -0.2) is 0 Å². The van der Waals surface area contributed by atoms with Gasteiger partial charge in [0.15, 0.2) is 0 Å². The molecule has 1 atom stereocenters. The van der Waals surface area contributed by atoms with Crippen LogP contribution in [0.4, 0.5) is 0 Å². The van der Waals surface area contributed by atoms with Gasteiger partial charge in [0.05, 0.1) is 25.6 Å². The zero-order chi connectivity index (χ0) is 15.5. The monoisotopic (exact) mass is 298 g/mol. The molecule has 2 rings (SSSR count). The Morgan fingerprint density at radius 3 is 2.62 bits per heavy atom. The lowest BCUT2D eigenvalue weighted by Crippen LogP contribution is -2.62. The van der Waals surface area contributed by atoms with E-state index in [0.29, 0.717) is 19.7 Å². The second kappa shape index (κ2) is 6.43. The molecular formula is C14H22N2O5. The number of hydrogen-bond acceptors (Lipinski definition) is 5. The van der Waals surface area contributed by atoms with E-state index < -0.39 is 17.4 Å². The molecule has 7 nitrogen and oxygen atoms in total. The maximum Gasteiger partial charge on any atom is 0.308 e. The fraction of sp³-hybridized carbons (Fsp3) is 0.786. The first-order chi connectivity index (χ1) is 10.0. The SMILES string of the molecule is COCC1(C(=O)N2CCNC(=O)[C@H]2CC(=O)OC)CCC1. The number of amides is 2. The van der Waals surface area contributed by atoms with Crippen LogP contribution in [0.2, 0.25) is 0 Å². The molecule has 0 aromatic heterocycles. The lowest BCUT2D eigenvalue weighted by molar-refractivity contribution is -0.161. The Morgan fingerprint density at radius 1 is 1.38 bits per heavy atom. The fourth-order valence-electron chi connectivity index (χ4n) is 3.01. The van der Waals surface area contributed by atoms with Gasteiger partial charge in [-0.15, -0.1) is 0 Å². The van der Waals surface area contributed by atoms with E-state index >= 15 is 0 Å². The van der Waals surface area contributed by atoms with Gasteiger partial charge >= 0.3 is 5.97 Å². The summed E-state index contributed by atoms with van der Waals surface area (Å²) in [5.41, 5.74) is -0.527. The highest BCUT2D eigenvalue weighted by atomic mass is 16.5. The molecule has 2 aliphatic rings. The fourth-order valence-corrected chi connectivity index (χ4v) is 3.01. The first-order valence-corrected chi connectivity index (χ1v) is 7.18. The molecule has 0 aromatic rings. The summed E-state index contributed by atoms with van der Waals surface area (Å²) in [4.78, 5) is 37.8. The van der Waals surface area contributed by atoms with Gasteiger partial charge < -0.3 is 19.7 Å². The number of rotatable bonds is 5. The summed E-state index contributed by atoms with van der Waals surface area (Å²) >= 11 is 0. The molecule has 1 N–H and O–H groups in total. The van der Waals surface area contributed by atoms with Crippen LogP contribution in [0.5, 0.6) is 0 Å². The number of carbonyl (C=O) groups is 3. The van der Waals surface area contributed by atoms with Gasteiger partial charge in [0.2, 0.25) is 11.8 Å². The summed E-state index contributed by atoms with van der Waals surface area (Å²) in [6, 6.07) is -0.784. The van der Waals surface area contributed by atoms with Crippen molar-refractivity contribution in [3.05, 3.63) is 0 Å². The van der Waals surface area contributed by atoms with E-state index in [1.807, 2.05) is 0 Å². The molecule has 118 valence electrons. The van der Waals surface area contributed by atoms with Crippen LogP contribution in [0.15, 0.2) is 0 Å². The molecule has 0 spiro atoms. The maximum atomic E-state index is 12.8. The topological polar surface area (TPSA) is 84.9 Å². The Bertz CT molecular complexity index is 433. The molecule has 0 aromatic carbocycles. The van der Waals surface area contributed by atoms with Crippen molar-refractivity contribution >= 4 is 17.8 Å². The average Bonchev–Trinajstić information content (AvgIpc) is 2.44. The summed E-state index contributed by atoms with van der Waals surface area (Å²) in [5.74, 6) is -0.879. The van der Waals surface area contributed by atoms with Crippen LogP contribution in [-0.4, -0.2) is 62.6 Å². The molecule has 2 fully saturated rings. The third-order valence-electron chi connectivity index (χ3n) is 4.36. The summed E-state index contributed by atoms with van der Waals surface area (Å²) < 4.78 is 9.81. The van der Waals surface area contributed by atoms with Crippen molar-refractivity contribution < 1.29 is 23.9 Å². The molecule has 1 saturated heterocycles. The predicted octanol–water partition coefficient (Wildman–Crippen LogP) is -0.307. The van der Waals surface area contributed by atoms with Crippen LogP contribution >= 0.6 is 0 Å². The van der Waals surface area contributed by atoms with Crippen LogP contribution in [0.1, 0.15) is 25.7 Å². The summed E-state index contributed by atoms with van der Waals surface area (Å²) in [6.45, 7) is 1.18. The Balaban J connectivity index is 2.15. The first kappa shape index (κ1) is 15.8. The predicted molar refractivity (Wildman–Crippen MR) is 73.3 cm³/mol. The number of methoxy groups -OCH3 is 2. The molecule has 7 heteroatoms. The highest BCUT2D eigenvalue weighted by Crippen LogP contribution is 2.43. The van der Waals surface area contributed by atoms with Gasteiger partial charge in [0, 0.05) is 20.2 Å². The quantitative estimate of drug-likeness (QED) is 0.704. The molecular weight excluding hydrogens is 276 g/mol. The van der Waals surface area contributed by atoms with E-state index in [0.717, 1.165) is 19.3 Å². The van der Waals surface area contributed by atoms with E-state index in [4.69, 9.17) is 4.74 Å². The first-order valence-electron chi connectivity index (χ1n) is 7.18. The highest BCUT2D eigenvalue weighted by molar-refractivity contribution is 5.94. The summed E-state index contributed by atoms with van der Waals surface area (Å²) in [6.07, 6.45) is 2.40. The Kier molecular flexibility index (Phi) is 4.82. The zero-order valence-electron chi connectivity index (χ0n) is 12.5.